The van der Waals surface area contributed by atoms with Gasteiger partial charge in [-0.3, -0.25) is 0 Å². The Morgan fingerprint density at radius 1 is 0.677 bits per heavy atom. The van der Waals surface area contributed by atoms with Gasteiger partial charge in [0.2, 0.25) is 0 Å². The van der Waals surface area contributed by atoms with E-state index in [1.165, 1.54) is 38.7 Å². The molecule has 146 valence electrons. The highest BCUT2D eigenvalue weighted by Gasteiger charge is 2.21. The molecular weight excluding hydrogens is 378 g/mol. The molecule has 1 aliphatic rings. The third-order valence-corrected chi connectivity index (χ3v) is 6.36. The van der Waals surface area contributed by atoms with Crippen molar-refractivity contribution in [1.29, 1.82) is 0 Å². The lowest BCUT2D eigenvalue weighted by atomic mass is 10.1. The van der Waals surface area contributed by atoms with E-state index >= 15 is 0 Å². The highest BCUT2D eigenvalue weighted by Crippen LogP contribution is 2.36. The Hall–Kier alpha value is -4.11. The minimum Gasteiger partial charge on any atom is -0.309 e. The van der Waals surface area contributed by atoms with E-state index in [1.54, 1.807) is 0 Å². The molecule has 0 radical (unpaired) electrons. The van der Waals surface area contributed by atoms with Gasteiger partial charge in [-0.1, -0.05) is 60.7 Å². The number of imidazole rings is 1. The van der Waals surface area contributed by atoms with Gasteiger partial charge >= 0.3 is 0 Å². The largest absolute Gasteiger partial charge is 0.309 e. The molecule has 0 saturated heterocycles. The van der Waals surface area contributed by atoms with E-state index in [-0.39, 0.29) is 0 Å². The minimum atomic E-state index is 0.895. The van der Waals surface area contributed by atoms with Gasteiger partial charge in [-0.2, -0.15) is 0 Å². The predicted molar refractivity (Wildman–Crippen MR) is 126 cm³/mol. The smallest absolute Gasteiger partial charge is 0.118 e. The molecule has 4 aromatic carbocycles. The van der Waals surface area contributed by atoms with E-state index in [0.717, 1.165) is 23.5 Å². The van der Waals surface area contributed by atoms with Gasteiger partial charge < -0.3 is 9.13 Å². The first-order valence-electron chi connectivity index (χ1n) is 10.6. The first-order valence-corrected chi connectivity index (χ1v) is 10.6. The Morgan fingerprint density at radius 2 is 1.45 bits per heavy atom. The monoisotopic (exact) mass is 397 g/mol. The van der Waals surface area contributed by atoms with Crippen LogP contribution in [0.3, 0.4) is 0 Å². The lowest BCUT2D eigenvalue weighted by molar-refractivity contribution is 0.997. The number of hydrogen-bond acceptors (Lipinski definition) is 1. The molecule has 7 rings (SSSR count). The van der Waals surface area contributed by atoms with E-state index in [2.05, 4.69) is 112 Å². The van der Waals surface area contributed by atoms with Gasteiger partial charge in [-0.05, 0) is 42.0 Å². The first-order chi connectivity index (χ1) is 15.4. The maximum absolute atomic E-state index is 4.98. The van der Waals surface area contributed by atoms with E-state index in [0.29, 0.717) is 0 Å². The maximum Gasteiger partial charge on any atom is 0.118 e. The Morgan fingerprint density at radius 3 is 2.39 bits per heavy atom. The Labute approximate surface area is 179 Å². The maximum atomic E-state index is 4.98. The van der Waals surface area contributed by atoms with Gasteiger partial charge in [-0.25, -0.2) is 4.98 Å². The van der Waals surface area contributed by atoms with Crippen LogP contribution in [-0.4, -0.2) is 14.1 Å². The predicted octanol–water partition coefficient (Wildman–Crippen LogP) is 6.54. The number of para-hydroxylation sites is 3. The average Bonchev–Trinajstić information content (AvgIpc) is 3.48. The number of fused-ring (bicyclic) bond motifs is 6. The normalized spacial score (nSPS) is 12.4. The van der Waals surface area contributed by atoms with Crippen molar-refractivity contribution < 1.29 is 0 Å². The lowest BCUT2D eigenvalue weighted by Gasteiger charge is -2.07. The standard InChI is InChI=1S/C28H19N3/c1-2-9-21(10-3-1)31-26-13-7-5-11-22(26)23-16-19(14-15-27(23)31)24-18-30-25-12-6-4-8-20(25)17-28(30)29-24/h1-16,18H,17H2. The van der Waals surface area contributed by atoms with Crippen molar-refractivity contribution in [3.8, 4) is 22.6 Å². The van der Waals surface area contributed by atoms with Crippen LogP contribution in [0.2, 0.25) is 0 Å². The summed E-state index contributed by atoms with van der Waals surface area (Å²) in [5, 5.41) is 2.52. The third kappa shape index (κ3) is 2.37. The summed E-state index contributed by atoms with van der Waals surface area (Å²) in [7, 11) is 0. The molecule has 0 spiro atoms. The molecule has 3 nitrogen and oxygen atoms in total. The molecule has 0 atom stereocenters. The number of hydrogen-bond donors (Lipinski definition) is 0. The average molecular weight is 397 g/mol. The zero-order valence-corrected chi connectivity index (χ0v) is 16.9. The quantitative estimate of drug-likeness (QED) is 0.325. The summed E-state index contributed by atoms with van der Waals surface area (Å²) in [4.78, 5) is 4.98. The van der Waals surface area contributed by atoms with Crippen LogP contribution in [0.15, 0.2) is 103 Å². The molecule has 2 aromatic heterocycles. The number of nitrogens with zero attached hydrogens (tertiary/aromatic N) is 3. The molecule has 0 aliphatic carbocycles. The third-order valence-electron chi connectivity index (χ3n) is 6.36. The summed E-state index contributed by atoms with van der Waals surface area (Å²) in [6.07, 6.45) is 3.07. The first kappa shape index (κ1) is 16.7. The highest BCUT2D eigenvalue weighted by molar-refractivity contribution is 6.10. The Balaban J connectivity index is 1.44. The summed E-state index contributed by atoms with van der Waals surface area (Å²) in [6, 6.07) is 34.5. The fourth-order valence-corrected chi connectivity index (χ4v) is 4.94. The molecule has 1 aliphatic heterocycles. The van der Waals surface area contributed by atoms with Crippen LogP contribution in [0.1, 0.15) is 11.4 Å². The van der Waals surface area contributed by atoms with E-state index < -0.39 is 0 Å². The van der Waals surface area contributed by atoms with Crippen LogP contribution < -0.4 is 0 Å². The van der Waals surface area contributed by atoms with Crippen LogP contribution in [0, 0.1) is 0 Å². The van der Waals surface area contributed by atoms with Gasteiger partial charge in [0, 0.05) is 34.6 Å². The fraction of sp³-hybridized carbons (Fsp3) is 0.0357. The van der Waals surface area contributed by atoms with Gasteiger partial charge in [0.1, 0.15) is 5.82 Å². The molecule has 0 unspecified atom stereocenters. The molecule has 6 aromatic rings. The second-order valence-electron chi connectivity index (χ2n) is 8.14. The molecule has 3 heteroatoms. The number of aromatic nitrogens is 3. The molecule has 0 amide bonds. The zero-order valence-electron chi connectivity index (χ0n) is 16.9. The highest BCUT2D eigenvalue weighted by atomic mass is 15.1. The molecule has 0 N–H and O–H groups in total. The van der Waals surface area contributed by atoms with Crippen LogP contribution in [0.25, 0.3) is 44.4 Å². The lowest BCUT2D eigenvalue weighted by Crippen LogP contribution is -1.92. The van der Waals surface area contributed by atoms with Crippen LogP contribution in [0.5, 0.6) is 0 Å². The van der Waals surface area contributed by atoms with Crippen LogP contribution in [-0.2, 0) is 6.42 Å². The van der Waals surface area contributed by atoms with Crippen molar-refractivity contribution in [2.24, 2.45) is 0 Å². The van der Waals surface area contributed by atoms with E-state index in [4.69, 9.17) is 4.98 Å². The van der Waals surface area contributed by atoms with Gasteiger partial charge in [0.05, 0.1) is 22.4 Å². The fourth-order valence-electron chi connectivity index (χ4n) is 4.94. The molecule has 31 heavy (non-hydrogen) atoms. The molecule has 0 saturated carbocycles. The van der Waals surface area contributed by atoms with Gasteiger partial charge in [0.25, 0.3) is 0 Å². The minimum absolute atomic E-state index is 0.895. The van der Waals surface area contributed by atoms with Crippen LogP contribution >= 0.6 is 0 Å². The second-order valence-corrected chi connectivity index (χ2v) is 8.14. The summed E-state index contributed by atoms with van der Waals surface area (Å²) in [5.74, 6) is 1.11. The SMILES string of the molecule is c1ccc(-n2c3ccccc3c3cc(-c4cn5c(n4)Cc4ccccc4-5)ccc32)cc1. The second kappa shape index (κ2) is 6.19. The Bertz CT molecular complexity index is 1600. The summed E-state index contributed by atoms with van der Waals surface area (Å²) in [5.41, 5.74) is 8.40. The van der Waals surface area contributed by atoms with E-state index in [9.17, 15) is 0 Å². The van der Waals surface area contributed by atoms with Gasteiger partial charge in [-0.15, -0.1) is 0 Å². The summed E-state index contributed by atoms with van der Waals surface area (Å²) < 4.78 is 4.58. The van der Waals surface area contributed by atoms with Crippen molar-refractivity contribution in [1.82, 2.24) is 14.1 Å². The zero-order chi connectivity index (χ0) is 20.4. The molecule has 0 fully saturated rings. The van der Waals surface area contributed by atoms with Crippen molar-refractivity contribution >= 4 is 21.8 Å². The molecule has 0 bridgehead atoms. The van der Waals surface area contributed by atoms with Crippen molar-refractivity contribution in [2.75, 3.05) is 0 Å². The summed E-state index contributed by atoms with van der Waals surface area (Å²) in [6.45, 7) is 0. The molecular formula is C28H19N3. The summed E-state index contributed by atoms with van der Waals surface area (Å²) >= 11 is 0. The number of rotatable bonds is 2. The van der Waals surface area contributed by atoms with Crippen LogP contribution in [0.4, 0.5) is 0 Å². The molecule has 3 heterocycles. The van der Waals surface area contributed by atoms with Gasteiger partial charge in [0.15, 0.2) is 0 Å². The van der Waals surface area contributed by atoms with Crippen molar-refractivity contribution in [3.05, 3.63) is 115 Å². The van der Waals surface area contributed by atoms with Crippen molar-refractivity contribution in [3.63, 3.8) is 0 Å². The Kier molecular flexibility index (Phi) is 3.33. The topological polar surface area (TPSA) is 22.8 Å². The number of benzene rings is 4. The van der Waals surface area contributed by atoms with Crippen molar-refractivity contribution in [2.45, 2.75) is 6.42 Å². The van der Waals surface area contributed by atoms with E-state index in [1.807, 2.05) is 0 Å².